The number of rotatable bonds is 4. The molecular weight excluding hydrogens is 314 g/mol. The van der Waals surface area contributed by atoms with Crippen LogP contribution in [0.3, 0.4) is 0 Å². The van der Waals surface area contributed by atoms with Crippen LogP contribution < -0.4 is 15.4 Å². The van der Waals surface area contributed by atoms with Crippen LogP contribution in [0.2, 0.25) is 0 Å². The van der Waals surface area contributed by atoms with Crippen LogP contribution in [0, 0.1) is 0 Å². The summed E-state index contributed by atoms with van der Waals surface area (Å²) in [6.07, 6.45) is 5.77. The maximum atomic E-state index is 6.44. The molecule has 0 radical (unpaired) electrons. The SMILES string of the molecule is CN=C(NCC(C)(C)OC)NC1CC2(CCCC2)Oc2ccccc21. The summed E-state index contributed by atoms with van der Waals surface area (Å²) < 4.78 is 11.9. The third kappa shape index (κ3) is 4.09. The van der Waals surface area contributed by atoms with Gasteiger partial charge in [0, 0.05) is 32.7 Å². The molecule has 1 aliphatic carbocycles. The van der Waals surface area contributed by atoms with Crippen LogP contribution in [0.5, 0.6) is 5.75 Å². The van der Waals surface area contributed by atoms with Gasteiger partial charge in [-0.2, -0.15) is 0 Å². The third-order valence-corrected chi connectivity index (χ3v) is 5.48. The van der Waals surface area contributed by atoms with Crippen LogP contribution in [-0.4, -0.2) is 37.9 Å². The summed E-state index contributed by atoms with van der Waals surface area (Å²) in [5, 5.41) is 7.00. The molecule has 25 heavy (non-hydrogen) atoms. The van der Waals surface area contributed by atoms with Gasteiger partial charge in [-0.3, -0.25) is 4.99 Å². The topological polar surface area (TPSA) is 54.9 Å². The monoisotopic (exact) mass is 345 g/mol. The molecule has 1 aromatic carbocycles. The quantitative estimate of drug-likeness (QED) is 0.649. The van der Waals surface area contributed by atoms with Gasteiger partial charge in [0.15, 0.2) is 5.96 Å². The van der Waals surface area contributed by atoms with Gasteiger partial charge in [-0.15, -0.1) is 0 Å². The number of nitrogens with one attached hydrogen (secondary N) is 2. The van der Waals surface area contributed by atoms with Gasteiger partial charge in [0.2, 0.25) is 0 Å². The average Bonchev–Trinajstić information content (AvgIpc) is 3.05. The van der Waals surface area contributed by atoms with Crippen molar-refractivity contribution in [1.29, 1.82) is 0 Å². The van der Waals surface area contributed by atoms with Crippen molar-refractivity contribution in [3.8, 4) is 5.75 Å². The van der Waals surface area contributed by atoms with E-state index in [2.05, 4.69) is 53.7 Å². The number of nitrogens with zero attached hydrogens (tertiary/aromatic N) is 1. The fraction of sp³-hybridized carbons (Fsp3) is 0.650. The molecule has 0 aromatic heterocycles. The first kappa shape index (κ1) is 18.1. The minimum Gasteiger partial charge on any atom is -0.487 e. The van der Waals surface area contributed by atoms with E-state index in [1.54, 1.807) is 7.11 Å². The van der Waals surface area contributed by atoms with Gasteiger partial charge in [0.05, 0.1) is 11.6 Å². The molecule has 3 rings (SSSR count). The second kappa shape index (κ2) is 7.24. The molecule has 1 heterocycles. The molecule has 0 saturated heterocycles. The molecule has 5 heteroatoms. The number of hydrogen-bond donors (Lipinski definition) is 2. The first-order valence-corrected chi connectivity index (χ1v) is 9.27. The lowest BCUT2D eigenvalue weighted by molar-refractivity contribution is 0.0262. The molecule has 1 unspecified atom stereocenters. The predicted molar refractivity (Wildman–Crippen MR) is 101 cm³/mol. The van der Waals surface area contributed by atoms with E-state index in [9.17, 15) is 0 Å². The van der Waals surface area contributed by atoms with Crippen LogP contribution in [-0.2, 0) is 4.74 Å². The first-order valence-electron chi connectivity index (χ1n) is 9.27. The smallest absolute Gasteiger partial charge is 0.191 e. The maximum Gasteiger partial charge on any atom is 0.191 e. The van der Waals surface area contributed by atoms with E-state index in [1.165, 1.54) is 18.4 Å². The highest BCUT2D eigenvalue weighted by Crippen LogP contribution is 2.46. The molecule has 0 amide bonds. The zero-order valence-electron chi connectivity index (χ0n) is 15.9. The summed E-state index contributed by atoms with van der Waals surface area (Å²) >= 11 is 0. The summed E-state index contributed by atoms with van der Waals surface area (Å²) in [5.74, 6) is 1.82. The molecular formula is C20H31N3O2. The summed E-state index contributed by atoms with van der Waals surface area (Å²) in [6, 6.07) is 8.58. The first-order chi connectivity index (χ1) is 12.0. The van der Waals surface area contributed by atoms with Gasteiger partial charge in [0.25, 0.3) is 0 Å². The van der Waals surface area contributed by atoms with Crippen molar-refractivity contribution in [2.24, 2.45) is 4.99 Å². The number of fused-ring (bicyclic) bond motifs is 1. The third-order valence-electron chi connectivity index (χ3n) is 5.48. The highest BCUT2D eigenvalue weighted by Gasteiger charge is 2.43. The van der Waals surface area contributed by atoms with Crippen molar-refractivity contribution in [1.82, 2.24) is 10.6 Å². The van der Waals surface area contributed by atoms with Gasteiger partial charge < -0.3 is 20.1 Å². The Morgan fingerprint density at radius 3 is 2.72 bits per heavy atom. The Bertz CT molecular complexity index is 621. The minimum absolute atomic E-state index is 0.0172. The van der Waals surface area contributed by atoms with Crippen molar-refractivity contribution >= 4 is 5.96 Å². The van der Waals surface area contributed by atoms with Crippen molar-refractivity contribution in [2.75, 3.05) is 20.7 Å². The van der Waals surface area contributed by atoms with Gasteiger partial charge in [-0.05, 0) is 45.6 Å². The Labute approximate surface area is 151 Å². The van der Waals surface area contributed by atoms with Crippen molar-refractivity contribution < 1.29 is 9.47 Å². The summed E-state index contributed by atoms with van der Waals surface area (Å²) in [5.41, 5.74) is 0.961. The molecule has 1 aliphatic heterocycles. The van der Waals surface area contributed by atoms with Crippen molar-refractivity contribution in [3.63, 3.8) is 0 Å². The summed E-state index contributed by atoms with van der Waals surface area (Å²) in [6.45, 7) is 4.81. The molecule has 1 atom stereocenters. The van der Waals surface area contributed by atoms with E-state index >= 15 is 0 Å². The second-order valence-corrected chi connectivity index (χ2v) is 7.82. The van der Waals surface area contributed by atoms with Crippen LogP contribution in [0.25, 0.3) is 0 Å². The van der Waals surface area contributed by atoms with E-state index in [0.717, 1.165) is 31.0 Å². The van der Waals surface area contributed by atoms with Gasteiger partial charge >= 0.3 is 0 Å². The predicted octanol–water partition coefficient (Wildman–Crippen LogP) is 3.41. The summed E-state index contributed by atoms with van der Waals surface area (Å²) in [4.78, 5) is 4.41. The molecule has 5 nitrogen and oxygen atoms in total. The molecule has 138 valence electrons. The Balaban J connectivity index is 1.75. The normalized spacial score (nSPS) is 22.4. The number of aliphatic imine (C=N–C) groups is 1. The largest absolute Gasteiger partial charge is 0.487 e. The summed E-state index contributed by atoms with van der Waals surface area (Å²) in [7, 11) is 3.54. The zero-order valence-corrected chi connectivity index (χ0v) is 15.9. The second-order valence-electron chi connectivity index (χ2n) is 7.82. The average molecular weight is 345 g/mol. The minimum atomic E-state index is -0.238. The number of methoxy groups -OCH3 is 1. The maximum absolute atomic E-state index is 6.44. The lowest BCUT2D eigenvalue weighted by Crippen LogP contribution is -2.49. The number of guanidine groups is 1. The Hall–Kier alpha value is -1.75. The van der Waals surface area contributed by atoms with Crippen LogP contribution in [0.4, 0.5) is 0 Å². The van der Waals surface area contributed by atoms with E-state index in [1.807, 2.05) is 7.05 Å². The zero-order chi connectivity index (χ0) is 17.9. The Kier molecular flexibility index (Phi) is 5.23. The molecule has 1 fully saturated rings. The van der Waals surface area contributed by atoms with E-state index in [4.69, 9.17) is 9.47 Å². The fourth-order valence-electron chi connectivity index (χ4n) is 3.80. The van der Waals surface area contributed by atoms with Crippen LogP contribution in [0.15, 0.2) is 29.3 Å². The Morgan fingerprint density at radius 2 is 2.04 bits per heavy atom. The number of ether oxygens (including phenoxy) is 2. The number of hydrogen-bond acceptors (Lipinski definition) is 3. The molecule has 0 bridgehead atoms. The van der Waals surface area contributed by atoms with Gasteiger partial charge in [0.1, 0.15) is 11.4 Å². The molecule has 2 N–H and O–H groups in total. The van der Waals surface area contributed by atoms with Gasteiger partial charge in [-0.25, -0.2) is 0 Å². The molecule has 1 spiro atoms. The lowest BCUT2D eigenvalue weighted by atomic mass is 9.86. The molecule has 1 saturated carbocycles. The standard InChI is InChI=1S/C20H31N3O2/c1-19(2,24-4)14-22-18(21-3)23-16-13-20(11-7-8-12-20)25-17-10-6-5-9-15(16)17/h5-6,9-10,16H,7-8,11-14H2,1-4H3,(H2,21,22,23). The van der Waals surface area contributed by atoms with Crippen molar-refractivity contribution in [2.45, 2.75) is 63.2 Å². The van der Waals surface area contributed by atoms with Crippen LogP contribution >= 0.6 is 0 Å². The Morgan fingerprint density at radius 1 is 1.32 bits per heavy atom. The number of benzene rings is 1. The number of para-hydroxylation sites is 1. The lowest BCUT2D eigenvalue weighted by Gasteiger charge is -2.40. The van der Waals surface area contributed by atoms with E-state index in [0.29, 0.717) is 6.54 Å². The van der Waals surface area contributed by atoms with Crippen LogP contribution in [0.1, 0.15) is 57.6 Å². The highest BCUT2D eigenvalue weighted by molar-refractivity contribution is 5.80. The highest BCUT2D eigenvalue weighted by atomic mass is 16.5. The van der Waals surface area contributed by atoms with E-state index < -0.39 is 0 Å². The fourth-order valence-corrected chi connectivity index (χ4v) is 3.80. The van der Waals surface area contributed by atoms with Gasteiger partial charge in [-0.1, -0.05) is 18.2 Å². The molecule has 2 aliphatic rings. The van der Waals surface area contributed by atoms with E-state index in [-0.39, 0.29) is 17.2 Å². The molecule has 1 aromatic rings. The van der Waals surface area contributed by atoms with Crippen molar-refractivity contribution in [3.05, 3.63) is 29.8 Å².